The topological polar surface area (TPSA) is 135 Å². The van der Waals surface area contributed by atoms with Gasteiger partial charge in [0, 0.05) is 17.5 Å². The predicted molar refractivity (Wildman–Crippen MR) is 120 cm³/mol. The maximum atomic E-state index is 12.2. The number of hydrogen-bond acceptors (Lipinski definition) is 7. The Kier molecular flexibility index (Phi) is 6.21. The molecule has 10 heteroatoms. The van der Waals surface area contributed by atoms with Gasteiger partial charge in [-0.15, -0.1) is 0 Å². The molecule has 4 aliphatic rings. The van der Waals surface area contributed by atoms with Gasteiger partial charge < -0.3 is 25.0 Å². The second-order valence-electron chi connectivity index (χ2n) is 8.80. The van der Waals surface area contributed by atoms with Gasteiger partial charge in [0.05, 0.1) is 31.3 Å². The molecule has 0 aromatic heterocycles. The fraction of sp³-hybridized carbons (Fsp3) is 0.417. The zero-order valence-corrected chi connectivity index (χ0v) is 18.6. The summed E-state index contributed by atoms with van der Waals surface area (Å²) < 4.78 is 11.4. The third-order valence-electron chi connectivity index (χ3n) is 6.68. The van der Waals surface area contributed by atoms with Crippen molar-refractivity contribution in [1.29, 1.82) is 5.53 Å². The summed E-state index contributed by atoms with van der Waals surface area (Å²) in [6, 6.07) is 18.8. The molecule has 4 saturated heterocycles. The van der Waals surface area contributed by atoms with Gasteiger partial charge in [-0.1, -0.05) is 60.7 Å². The Morgan fingerprint density at radius 2 is 1.32 bits per heavy atom. The van der Waals surface area contributed by atoms with Crippen molar-refractivity contribution >= 4 is 11.8 Å². The van der Waals surface area contributed by atoms with Gasteiger partial charge in [0.15, 0.2) is 12.5 Å². The first-order valence-electron chi connectivity index (χ1n) is 11.4. The summed E-state index contributed by atoms with van der Waals surface area (Å²) in [6.45, 7) is 1.12. The molecule has 4 fully saturated rings. The van der Waals surface area contributed by atoms with Crippen LogP contribution in [0, 0.1) is 5.53 Å². The van der Waals surface area contributed by atoms with Gasteiger partial charge in [-0.05, 0) is 6.42 Å². The van der Waals surface area contributed by atoms with Gasteiger partial charge in [0.25, 0.3) is 5.91 Å². The second-order valence-corrected chi connectivity index (χ2v) is 8.80. The molecule has 6 atom stereocenters. The van der Waals surface area contributed by atoms with Crippen LogP contribution in [0.4, 0.5) is 0 Å². The number of carbonyl (C=O) groups is 2. The molecule has 6 rings (SSSR count). The molecule has 0 aliphatic carbocycles. The summed E-state index contributed by atoms with van der Waals surface area (Å²) in [5, 5.41) is 3.66. The van der Waals surface area contributed by atoms with Crippen molar-refractivity contribution in [3.05, 3.63) is 71.8 Å². The summed E-state index contributed by atoms with van der Waals surface area (Å²) in [7, 11) is 0. The van der Waals surface area contributed by atoms with E-state index >= 15 is 0 Å². The molecule has 4 heterocycles. The Morgan fingerprint density at radius 1 is 0.824 bits per heavy atom. The molecule has 34 heavy (non-hydrogen) atoms. The fourth-order valence-corrected chi connectivity index (χ4v) is 5.09. The average Bonchev–Trinajstić information content (AvgIpc) is 3.61. The quantitative estimate of drug-likeness (QED) is 0.529. The average molecular weight is 464 g/mol. The monoisotopic (exact) mass is 463 g/mol. The predicted octanol–water partition coefficient (Wildman–Crippen LogP) is 1.88. The summed E-state index contributed by atoms with van der Waals surface area (Å²) in [6.07, 6.45) is 0.731. The van der Waals surface area contributed by atoms with E-state index in [0.717, 1.165) is 11.1 Å². The maximum absolute atomic E-state index is 12.2. The Bertz CT molecular complexity index is 1090. The molecule has 3 N–H and O–H groups in total. The van der Waals surface area contributed by atoms with Gasteiger partial charge in [0.2, 0.25) is 16.9 Å². The second kappa shape index (κ2) is 9.44. The van der Waals surface area contributed by atoms with Crippen LogP contribution >= 0.6 is 0 Å². The van der Waals surface area contributed by atoms with Gasteiger partial charge in [-0.2, -0.15) is 0 Å². The molecule has 0 unspecified atom stereocenters. The van der Waals surface area contributed by atoms with Crippen LogP contribution < -0.4 is 10.6 Å². The van der Waals surface area contributed by atoms with Crippen molar-refractivity contribution in [1.82, 2.24) is 14.7 Å². The van der Waals surface area contributed by atoms with E-state index in [1.54, 1.807) is 9.80 Å². The Morgan fingerprint density at radius 3 is 1.85 bits per heavy atom. The SMILES string of the molecule is N=[N+]=N[C@H]1C[C@H]2CO[C@H](c3ccccc3)N2C1=O.N[C@H]1C[C@H]2CO[C@H](c3ccccc3)N2C1=O. The maximum Gasteiger partial charge on any atom is 0.257 e. The number of nitrogens with two attached hydrogens (primary N) is 1. The lowest BCUT2D eigenvalue weighted by atomic mass is 10.2. The van der Waals surface area contributed by atoms with Crippen molar-refractivity contribution in [2.45, 2.75) is 49.5 Å². The number of nitrogens with one attached hydrogen (secondary N) is 1. The number of benzene rings is 2. The largest absolute Gasteiger partial charge is 0.352 e. The van der Waals surface area contributed by atoms with Crippen molar-refractivity contribution < 1.29 is 19.1 Å². The van der Waals surface area contributed by atoms with E-state index in [0.29, 0.717) is 26.1 Å². The molecule has 0 radical (unpaired) electrons. The number of amides is 2. The lowest BCUT2D eigenvalue weighted by Crippen LogP contribution is -2.36. The fourth-order valence-electron chi connectivity index (χ4n) is 5.09. The van der Waals surface area contributed by atoms with Crippen LogP contribution in [0.3, 0.4) is 0 Å². The zero-order valence-electron chi connectivity index (χ0n) is 18.6. The minimum absolute atomic E-state index is 0.0105. The number of hydrogen-bond donors (Lipinski definition) is 2. The minimum Gasteiger partial charge on any atom is -0.352 e. The smallest absolute Gasteiger partial charge is 0.257 e. The summed E-state index contributed by atoms with van der Waals surface area (Å²) in [5.74, 6) is -0.0845. The number of ether oxygens (including phenoxy) is 2. The number of carbonyl (C=O) groups excluding carboxylic acids is 2. The van der Waals surface area contributed by atoms with Crippen molar-refractivity contribution in [3.8, 4) is 0 Å². The molecule has 10 nitrogen and oxygen atoms in total. The lowest BCUT2D eigenvalue weighted by Gasteiger charge is -2.22. The molecule has 2 aromatic carbocycles. The molecular formula is C24H27N6O4+. The van der Waals surface area contributed by atoms with E-state index in [9.17, 15) is 9.59 Å². The summed E-state index contributed by atoms with van der Waals surface area (Å²) >= 11 is 0. The standard InChI is InChI=1S/C12H13N4O2.C12H14N2O2/c13-15-14-10-6-9-7-18-12(16(9)11(10)17)8-4-2-1-3-5-8;13-10-6-9-7-16-12(14(9)11(10)15)8-4-2-1-3-5-8/h1-5,9-10,12-13H,6-7H2;1-5,9-10,12H,6-7,13H2/q+1;/t2*9-,10-,12+/m00/s1. The van der Waals surface area contributed by atoms with E-state index in [4.69, 9.17) is 20.7 Å². The molecular weight excluding hydrogens is 436 g/mol. The van der Waals surface area contributed by atoms with Crippen LogP contribution in [0.1, 0.15) is 36.4 Å². The normalized spacial score (nSPS) is 31.6. The Labute approximate surface area is 196 Å². The van der Waals surface area contributed by atoms with Crippen molar-refractivity contribution in [2.75, 3.05) is 13.2 Å². The van der Waals surface area contributed by atoms with Crippen LogP contribution in [0.15, 0.2) is 65.8 Å². The van der Waals surface area contributed by atoms with Crippen molar-refractivity contribution in [3.63, 3.8) is 0 Å². The summed E-state index contributed by atoms with van der Waals surface area (Å²) in [5.41, 5.74) is 14.5. The minimum atomic E-state index is -0.511. The highest BCUT2D eigenvalue weighted by molar-refractivity contribution is 5.85. The first-order chi connectivity index (χ1) is 16.6. The van der Waals surface area contributed by atoms with Gasteiger partial charge in [0.1, 0.15) is 10.6 Å². The van der Waals surface area contributed by atoms with Gasteiger partial charge >= 0.3 is 0 Å². The first kappa shape index (κ1) is 22.4. The summed E-state index contributed by atoms with van der Waals surface area (Å²) in [4.78, 5) is 30.6. The van der Waals surface area contributed by atoms with Gasteiger partial charge in [-0.25, -0.2) is 0 Å². The first-order valence-corrected chi connectivity index (χ1v) is 11.4. The van der Waals surface area contributed by atoms with Gasteiger partial charge in [-0.3, -0.25) is 9.59 Å². The van der Waals surface area contributed by atoms with E-state index in [-0.39, 0.29) is 42.4 Å². The lowest BCUT2D eigenvalue weighted by molar-refractivity contribution is -0.136. The van der Waals surface area contributed by atoms with Crippen LogP contribution in [-0.2, 0) is 19.1 Å². The highest BCUT2D eigenvalue weighted by Crippen LogP contribution is 2.38. The highest BCUT2D eigenvalue weighted by atomic mass is 16.5. The number of rotatable bonds is 3. The molecule has 4 aliphatic heterocycles. The molecule has 0 saturated carbocycles. The van der Waals surface area contributed by atoms with Crippen LogP contribution in [0.5, 0.6) is 0 Å². The van der Waals surface area contributed by atoms with Crippen molar-refractivity contribution in [2.24, 2.45) is 10.8 Å². The Balaban J connectivity index is 0.000000142. The molecule has 0 spiro atoms. The number of fused-ring (bicyclic) bond motifs is 2. The third-order valence-corrected chi connectivity index (χ3v) is 6.68. The zero-order chi connectivity index (χ0) is 23.7. The van der Waals surface area contributed by atoms with E-state index in [1.165, 1.54) is 0 Å². The third kappa shape index (κ3) is 4.01. The van der Waals surface area contributed by atoms with Crippen LogP contribution in [0.2, 0.25) is 0 Å². The van der Waals surface area contributed by atoms with E-state index < -0.39 is 6.04 Å². The van der Waals surface area contributed by atoms with Crippen LogP contribution in [0.25, 0.3) is 0 Å². The molecule has 176 valence electrons. The Hall–Kier alpha value is -3.43. The highest BCUT2D eigenvalue weighted by Gasteiger charge is 2.50. The van der Waals surface area contributed by atoms with E-state index in [1.807, 2.05) is 60.7 Å². The molecule has 2 aromatic rings. The molecule has 2 amide bonds. The number of nitrogens with zero attached hydrogens (tertiary/aromatic N) is 4. The molecule has 0 bridgehead atoms. The van der Waals surface area contributed by atoms with Crippen LogP contribution in [-0.4, -0.2) is 59.0 Å². The van der Waals surface area contributed by atoms with E-state index in [2.05, 4.69) is 10.0 Å².